The lowest BCUT2D eigenvalue weighted by Gasteiger charge is -2.34. The second kappa shape index (κ2) is 7.35. The first-order valence-corrected chi connectivity index (χ1v) is 9.18. The van der Waals surface area contributed by atoms with E-state index in [4.69, 9.17) is 0 Å². The summed E-state index contributed by atoms with van der Waals surface area (Å²) in [4.78, 5) is 18.4. The average Bonchev–Trinajstić information content (AvgIpc) is 3.29. The summed E-state index contributed by atoms with van der Waals surface area (Å²) < 4.78 is 2.14. The van der Waals surface area contributed by atoms with Gasteiger partial charge in [-0.25, -0.2) is 0 Å². The first-order chi connectivity index (χ1) is 12.3. The molecule has 0 bridgehead atoms. The second-order valence-corrected chi connectivity index (χ2v) is 7.23. The molecule has 1 saturated carbocycles. The molecule has 6 nitrogen and oxygen atoms in total. The molecule has 1 N–H and O–H groups in total. The van der Waals surface area contributed by atoms with Gasteiger partial charge in [-0.15, -0.1) is 0 Å². The van der Waals surface area contributed by atoms with Crippen molar-refractivity contribution < 1.29 is 4.79 Å². The van der Waals surface area contributed by atoms with Gasteiger partial charge in [0.2, 0.25) is 5.91 Å². The van der Waals surface area contributed by atoms with Crippen molar-refractivity contribution in [2.24, 2.45) is 5.92 Å². The molecule has 0 saturated heterocycles. The summed E-state index contributed by atoms with van der Waals surface area (Å²) in [5.74, 6) is 0.843. The summed E-state index contributed by atoms with van der Waals surface area (Å²) in [6.45, 7) is 3.50. The van der Waals surface area contributed by atoms with E-state index in [-0.39, 0.29) is 5.91 Å². The minimum atomic E-state index is 0.202. The molecule has 1 aliphatic heterocycles. The number of hydrogen-bond donors (Lipinski definition) is 1. The number of fused-ring (bicyclic) bond motifs is 1. The molecule has 1 fully saturated rings. The van der Waals surface area contributed by atoms with Gasteiger partial charge in [0.05, 0.1) is 11.7 Å². The maximum atomic E-state index is 11.9. The Bertz CT molecular complexity index is 710. The molecule has 2 aliphatic rings. The van der Waals surface area contributed by atoms with E-state index in [1.54, 1.807) is 0 Å². The van der Waals surface area contributed by atoms with Crippen LogP contribution in [0.15, 0.2) is 36.8 Å². The van der Waals surface area contributed by atoms with Crippen LogP contribution in [0.1, 0.15) is 43.0 Å². The molecule has 1 aliphatic carbocycles. The molecule has 4 rings (SSSR count). The van der Waals surface area contributed by atoms with Crippen molar-refractivity contribution in [1.82, 2.24) is 25.0 Å². The molecular weight excluding hydrogens is 314 g/mol. The Hall–Kier alpha value is -2.21. The highest BCUT2D eigenvalue weighted by Crippen LogP contribution is 2.32. The Morgan fingerprint density at radius 1 is 1.20 bits per heavy atom. The van der Waals surface area contributed by atoms with Crippen molar-refractivity contribution in [2.75, 3.05) is 13.1 Å². The average molecular weight is 339 g/mol. The van der Waals surface area contributed by atoms with Gasteiger partial charge in [-0.2, -0.15) is 5.10 Å². The van der Waals surface area contributed by atoms with Crippen LogP contribution in [-0.2, 0) is 17.9 Å². The number of hydrogen-bond acceptors (Lipinski definition) is 4. The number of carbonyl (C=O) groups is 1. The van der Waals surface area contributed by atoms with E-state index in [2.05, 4.69) is 43.2 Å². The SMILES string of the molecule is O=C(CC1CC1)NCC[C@H]1CN(Cc2ccncc2)Cc2ccnn21. The van der Waals surface area contributed by atoms with Gasteiger partial charge in [0.1, 0.15) is 0 Å². The minimum Gasteiger partial charge on any atom is -0.356 e. The van der Waals surface area contributed by atoms with Gasteiger partial charge < -0.3 is 5.32 Å². The van der Waals surface area contributed by atoms with Crippen LogP contribution < -0.4 is 5.32 Å². The molecule has 2 aromatic heterocycles. The summed E-state index contributed by atoms with van der Waals surface area (Å²) in [5.41, 5.74) is 2.52. The van der Waals surface area contributed by atoms with Gasteiger partial charge in [0, 0.05) is 51.2 Å². The van der Waals surface area contributed by atoms with E-state index in [9.17, 15) is 4.79 Å². The Labute approximate surface area is 148 Å². The number of rotatable bonds is 7. The number of nitrogens with zero attached hydrogens (tertiary/aromatic N) is 4. The molecule has 0 radical (unpaired) electrons. The third-order valence-electron chi connectivity index (χ3n) is 5.08. The summed E-state index contributed by atoms with van der Waals surface area (Å²) in [6.07, 6.45) is 9.62. The molecule has 3 heterocycles. The number of aromatic nitrogens is 3. The van der Waals surface area contributed by atoms with E-state index in [0.717, 1.165) is 32.6 Å². The lowest BCUT2D eigenvalue weighted by atomic mass is 10.1. The summed E-state index contributed by atoms with van der Waals surface area (Å²) in [7, 11) is 0. The van der Waals surface area contributed by atoms with Crippen LogP contribution in [0, 0.1) is 5.92 Å². The number of carbonyl (C=O) groups excluding carboxylic acids is 1. The van der Waals surface area contributed by atoms with Gasteiger partial charge in [-0.3, -0.25) is 19.4 Å². The lowest BCUT2D eigenvalue weighted by molar-refractivity contribution is -0.121. The van der Waals surface area contributed by atoms with Crippen molar-refractivity contribution in [2.45, 2.75) is 44.8 Å². The largest absolute Gasteiger partial charge is 0.356 e. The third kappa shape index (κ3) is 4.25. The zero-order valence-corrected chi connectivity index (χ0v) is 14.5. The van der Waals surface area contributed by atoms with E-state index < -0.39 is 0 Å². The summed E-state index contributed by atoms with van der Waals surface area (Å²) >= 11 is 0. The smallest absolute Gasteiger partial charge is 0.220 e. The highest BCUT2D eigenvalue weighted by atomic mass is 16.1. The molecule has 0 unspecified atom stereocenters. The molecule has 25 heavy (non-hydrogen) atoms. The number of pyridine rings is 1. The van der Waals surface area contributed by atoms with Crippen molar-refractivity contribution in [3.8, 4) is 0 Å². The van der Waals surface area contributed by atoms with E-state index in [1.165, 1.54) is 24.1 Å². The zero-order valence-electron chi connectivity index (χ0n) is 14.5. The quantitative estimate of drug-likeness (QED) is 0.839. The van der Waals surface area contributed by atoms with Crippen LogP contribution in [0.25, 0.3) is 0 Å². The first-order valence-electron chi connectivity index (χ1n) is 9.18. The fourth-order valence-electron chi connectivity index (χ4n) is 3.58. The maximum Gasteiger partial charge on any atom is 0.220 e. The summed E-state index contributed by atoms with van der Waals surface area (Å²) in [5, 5.41) is 7.59. The normalized spacial score (nSPS) is 20.2. The van der Waals surface area contributed by atoms with Gasteiger partial charge in [-0.05, 0) is 48.9 Å². The molecular formula is C19H25N5O. The van der Waals surface area contributed by atoms with Gasteiger partial charge in [0.25, 0.3) is 0 Å². The fourth-order valence-corrected chi connectivity index (χ4v) is 3.58. The Balaban J connectivity index is 1.34. The summed E-state index contributed by atoms with van der Waals surface area (Å²) in [6, 6.07) is 6.54. The van der Waals surface area contributed by atoms with Crippen LogP contribution in [0.4, 0.5) is 0 Å². The van der Waals surface area contributed by atoms with Gasteiger partial charge in [0.15, 0.2) is 0 Å². The highest BCUT2D eigenvalue weighted by Gasteiger charge is 2.26. The predicted molar refractivity (Wildman–Crippen MR) is 94.6 cm³/mol. The first kappa shape index (κ1) is 16.3. The molecule has 0 aromatic carbocycles. The molecule has 1 amide bonds. The number of nitrogens with one attached hydrogen (secondary N) is 1. The Morgan fingerprint density at radius 2 is 2.04 bits per heavy atom. The standard InChI is InChI=1S/C19H25N5O/c25-19(11-15-1-2-15)21-9-5-17-13-23(12-16-3-7-20-8-4-16)14-18-6-10-22-24(17)18/h3-4,6-8,10,15,17H,1-2,5,9,11-14H2,(H,21,25)/t17-/m0/s1. The molecule has 6 heteroatoms. The van der Waals surface area contributed by atoms with Crippen LogP contribution in [-0.4, -0.2) is 38.7 Å². The van der Waals surface area contributed by atoms with Crippen molar-refractivity contribution >= 4 is 5.91 Å². The second-order valence-electron chi connectivity index (χ2n) is 7.23. The van der Waals surface area contributed by atoms with Crippen LogP contribution in [0.5, 0.6) is 0 Å². The Morgan fingerprint density at radius 3 is 2.84 bits per heavy atom. The molecule has 1 atom stereocenters. The highest BCUT2D eigenvalue weighted by molar-refractivity contribution is 5.76. The van der Waals surface area contributed by atoms with Crippen LogP contribution >= 0.6 is 0 Å². The Kier molecular flexibility index (Phi) is 4.78. The van der Waals surface area contributed by atoms with Crippen LogP contribution in [0.3, 0.4) is 0 Å². The third-order valence-corrected chi connectivity index (χ3v) is 5.08. The van der Waals surface area contributed by atoms with Gasteiger partial charge >= 0.3 is 0 Å². The molecule has 0 spiro atoms. The topological polar surface area (TPSA) is 63.1 Å². The maximum absolute atomic E-state index is 11.9. The monoisotopic (exact) mass is 339 g/mol. The van der Waals surface area contributed by atoms with Crippen molar-refractivity contribution in [3.05, 3.63) is 48.0 Å². The fraction of sp³-hybridized carbons (Fsp3) is 0.526. The van der Waals surface area contributed by atoms with Gasteiger partial charge in [-0.1, -0.05) is 0 Å². The van der Waals surface area contributed by atoms with E-state index in [1.807, 2.05) is 18.6 Å². The van der Waals surface area contributed by atoms with Crippen molar-refractivity contribution in [1.29, 1.82) is 0 Å². The lowest BCUT2D eigenvalue weighted by Crippen LogP contribution is -2.39. The molecule has 2 aromatic rings. The minimum absolute atomic E-state index is 0.202. The number of amides is 1. The molecule has 132 valence electrons. The van der Waals surface area contributed by atoms with Crippen molar-refractivity contribution in [3.63, 3.8) is 0 Å². The van der Waals surface area contributed by atoms with E-state index >= 15 is 0 Å². The predicted octanol–water partition coefficient (Wildman–Crippen LogP) is 2.14. The van der Waals surface area contributed by atoms with E-state index in [0.29, 0.717) is 18.4 Å². The van der Waals surface area contributed by atoms with Crippen LogP contribution in [0.2, 0.25) is 0 Å². The zero-order chi connectivity index (χ0) is 17.1.